The van der Waals surface area contributed by atoms with Crippen molar-refractivity contribution in [1.82, 2.24) is 9.97 Å². The summed E-state index contributed by atoms with van der Waals surface area (Å²) in [6, 6.07) is 6.13. The van der Waals surface area contributed by atoms with E-state index in [1.807, 2.05) is 19.1 Å². The Labute approximate surface area is 142 Å². The third kappa shape index (κ3) is 2.30. The summed E-state index contributed by atoms with van der Waals surface area (Å²) in [6.07, 6.45) is -2.72. The van der Waals surface area contributed by atoms with E-state index >= 15 is 0 Å². The maximum atomic E-state index is 13.6. The van der Waals surface area contributed by atoms with Crippen LogP contribution in [0.1, 0.15) is 16.9 Å². The number of hydrogen-bond donors (Lipinski definition) is 2. The molecule has 4 nitrogen and oxygen atoms in total. The molecular formula is C16H10F2N2O2S2. The van der Waals surface area contributed by atoms with Gasteiger partial charge in [-0.3, -0.25) is 4.79 Å². The highest BCUT2D eigenvalue weighted by atomic mass is 32.1. The fraction of sp³-hybridized carbons (Fsp3) is 0.125. The number of pyridine rings is 2. The number of H-pyrrole nitrogens is 1. The molecule has 0 amide bonds. The number of hydrogen-bond acceptors (Lipinski definition) is 5. The third-order valence-electron chi connectivity index (χ3n) is 3.67. The third-order valence-corrected chi connectivity index (χ3v) is 5.80. The summed E-state index contributed by atoms with van der Waals surface area (Å²) >= 11 is 2.56. The van der Waals surface area contributed by atoms with Gasteiger partial charge in [-0.15, -0.1) is 22.7 Å². The molecule has 0 aliphatic heterocycles. The lowest BCUT2D eigenvalue weighted by atomic mass is 10.1. The highest BCUT2D eigenvalue weighted by Gasteiger charge is 2.21. The van der Waals surface area contributed by atoms with Gasteiger partial charge in [-0.1, -0.05) is 0 Å². The normalized spacial score (nSPS) is 11.8. The van der Waals surface area contributed by atoms with Crippen molar-refractivity contribution in [3.8, 4) is 16.3 Å². The van der Waals surface area contributed by atoms with Crippen molar-refractivity contribution in [3.63, 3.8) is 0 Å². The highest BCUT2D eigenvalue weighted by molar-refractivity contribution is 7.25. The second-order valence-corrected chi connectivity index (χ2v) is 7.60. The molecule has 4 aromatic rings. The molecule has 0 aliphatic rings. The Kier molecular flexibility index (Phi) is 3.40. The smallest absolute Gasteiger partial charge is 0.264 e. The molecule has 24 heavy (non-hydrogen) atoms. The molecule has 4 rings (SSSR count). The number of fused-ring (bicyclic) bond motifs is 3. The van der Waals surface area contributed by atoms with Crippen LogP contribution in [0.25, 0.3) is 31.0 Å². The molecule has 0 aliphatic carbocycles. The number of thiophene rings is 2. The van der Waals surface area contributed by atoms with E-state index in [2.05, 4.69) is 9.97 Å². The lowest BCUT2D eigenvalue weighted by molar-refractivity contribution is 0.153. The van der Waals surface area contributed by atoms with Gasteiger partial charge in [-0.05, 0) is 25.1 Å². The maximum absolute atomic E-state index is 13.6. The van der Waals surface area contributed by atoms with E-state index in [1.54, 1.807) is 0 Å². The van der Waals surface area contributed by atoms with Gasteiger partial charge >= 0.3 is 0 Å². The van der Waals surface area contributed by atoms with Gasteiger partial charge in [0.1, 0.15) is 10.6 Å². The molecule has 2 N–H and O–H groups in total. The zero-order valence-corrected chi connectivity index (χ0v) is 13.9. The first kappa shape index (κ1) is 15.2. The maximum Gasteiger partial charge on any atom is 0.264 e. The summed E-state index contributed by atoms with van der Waals surface area (Å²) in [7, 11) is 0. The fourth-order valence-corrected chi connectivity index (χ4v) is 4.55. The van der Waals surface area contributed by atoms with Crippen LogP contribution in [0.5, 0.6) is 5.75 Å². The number of aromatic hydroxyl groups is 1. The first-order chi connectivity index (χ1) is 11.4. The summed E-state index contributed by atoms with van der Waals surface area (Å²) in [4.78, 5) is 20.8. The van der Waals surface area contributed by atoms with Gasteiger partial charge in [-0.2, -0.15) is 0 Å². The molecule has 0 aromatic carbocycles. The molecule has 8 heteroatoms. The van der Waals surface area contributed by atoms with Crippen molar-refractivity contribution in [3.05, 3.63) is 45.1 Å². The van der Waals surface area contributed by atoms with Gasteiger partial charge in [0.2, 0.25) is 0 Å². The van der Waals surface area contributed by atoms with E-state index in [9.17, 15) is 18.7 Å². The number of aromatic amines is 1. The Balaban J connectivity index is 2.13. The number of nitrogens with one attached hydrogen (secondary N) is 1. The van der Waals surface area contributed by atoms with E-state index < -0.39 is 12.0 Å². The van der Waals surface area contributed by atoms with Crippen molar-refractivity contribution < 1.29 is 13.9 Å². The average Bonchev–Trinajstić information content (AvgIpc) is 3.10. The lowest BCUT2D eigenvalue weighted by Crippen LogP contribution is -2.02. The summed E-state index contributed by atoms with van der Waals surface area (Å²) < 4.78 is 27.6. The standard InChI is InChI=1S/C16H10F2N2O2S2/c1-6-2-3-10(23-6)8-4-7(15(17)18)12-13-14(24-16(12)19-8)9(21)5-11(22)20-13/h2-5,15H,1H3,(H2,20,21,22). The van der Waals surface area contributed by atoms with E-state index in [1.165, 1.54) is 17.4 Å². The Morgan fingerprint density at radius 1 is 1.25 bits per heavy atom. The van der Waals surface area contributed by atoms with Crippen LogP contribution in [0.3, 0.4) is 0 Å². The van der Waals surface area contributed by atoms with Gasteiger partial charge in [0, 0.05) is 21.9 Å². The van der Waals surface area contributed by atoms with Crippen LogP contribution >= 0.6 is 22.7 Å². The van der Waals surface area contributed by atoms with Crippen LogP contribution in [0.4, 0.5) is 8.78 Å². The van der Waals surface area contributed by atoms with Crippen LogP contribution in [-0.4, -0.2) is 15.1 Å². The minimum atomic E-state index is -2.72. The molecule has 4 aromatic heterocycles. The molecule has 0 atom stereocenters. The summed E-state index contributed by atoms with van der Waals surface area (Å²) in [5, 5.41) is 10.1. The molecule has 0 radical (unpaired) electrons. The average molecular weight is 364 g/mol. The van der Waals surface area contributed by atoms with Gasteiger partial charge < -0.3 is 10.1 Å². The lowest BCUT2D eigenvalue weighted by Gasteiger charge is -2.05. The SMILES string of the molecule is Cc1ccc(-c2cc(C(F)F)c3c(n2)sc2c(O)cc(=O)[nH]c23)s1. The second-order valence-electron chi connectivity index (χ2n) is 5.31. The number of alkyl halides is 2. The van der Waals surface area contributed by atoms with Crippen LogP contribution in [0.15, 0.2) is 29.1 Å². The summed E-state index contributed by atoms with van der Waals surface area (Å²) in [6.45, 7) is 1.93. The Morgan fingerprint density at radius 3 is 2.71 bits per heavy atom. The van der Waals surface area contributed by atoms with Crippen molar-refractivity contribution in [2.75, 3.05) is 0 Å². The van der Waals surface area contributed by atoms with Crippen LogP contribution < -0.4 is 5.56 Å². The molecular weight excluding hydrogens is 354 g/mol. The molecule has 0 bridgehead atoms. The zero-order chi connectivity index (χ0) is 17.0. The molecule has 0 fully saturated rings. The minimum Gasteiger partial charge on any atom is -0.506 e. The fourth-order valence-electron chi connectivity index (χ4n) is 2.65. The minimum absolute atomic E-state index is 0.190. The first-order valence-electron chi connectivity index (χ1n) is 6.98. The topological polar surface area (TPSA) is 66.0 Å². The zero-order valence-electron chi connectivity index (χ0n) is 12.3. The number of rotatable bonds is 2. The monoisotopic (exact) mass is 364 g/mol. The Bertz CT molecular complexity index is 1140. The molecule has 122 valence electrons. The number of aryl methyl sites for hydroxylation is 1. The predicted octanol–water partition coefficient (Wildman–Crippen LogP) is 4.82. The van der Waals surface area contributed by atoms with Gasteiger partial charge in [0.25, 0.3) is 12.0 Å². The Morgan fingerprint density at radius 2 is 2.04 bits per heavy atom. The summed E-state index contributed by atoms with van der Waals surface area (Å²) in [5.41, 5.74) is -0.0765. The van der Waals surface area contributed by atoms with Crippen LogP contribution in [0.2, 0.25) is 0 Å². The first-order valence-corrected chi connectivity index (χ1v) is 8.61. The largest absolute Gasteiger partial charge is 0.506 e. The van der Waals surface area contributed by atoms with Crippen LogP contribution in [-0.2, 0) is 0 Å². The van der Waals surface area contributed by atoms with Crippen molar-refractivity contribution in [2.45, 2.75) is 13.3 Å². The van der Waals surface area contributed by atoms with E-state index in [4.69, 9.17) is 0 Å². The molecule has 0 saturated heterocycles. The molecule has 4 heterocycles. The molecule has 0 saturated carbocycles. The molecule has 0 spiro atoms. The van der Waals surface area contributed by atoms with E-state index in [0.717, 1.165) is 27.2 Å². The number of halogens is 2. The van der Waals surface area contributed by atoms with Crippen molar-refractivity contribution in [2.24, 2.45) is 0 Å². The van der Waals surface area contributed by atoms with E-state index in [-0.39, 0.29) is 22.2 Å². The van der Waals surface area contributed by atoms with Crippen molar-refractivity contribution in [1.29, 1.82) is 0 Å². The van der Waals surface area contributed by atoms with Gasteiger partial charge in [0.15, 0.2) is 0 Å². The number of aromatic nitrogens is 2. The van der Waals surface area contributed by atoms with Crippen LogP contribution in [0, 0.1) is 6.92 Å². The van der Waals surface area contributed by atoms with Crippen molar-refractivity contribution >= 4 is 43.1 Å². The Hall–Kier alpha value is -2.32. The number of nitrogens with zero attached hydrogens (tertiary/aromatic N) is 1. The highest BCUT2D eigenvalue weighted by Crippen LogP contribution is 2.42. The van der Waals surface area contributed by atoms with Gasteiger partial charge in [-0.25, -0.2) is 13.8 Å². The quantitative estimate of drug-likeness (QED) is 0.536. The van der Waals surface area contributed by atoms with Gasteiger partial charge in [0.05, 0.1) is 20.8 Å². The van der Waals surface area contributed by atoms with E-state index in [0.29, 0.717) is 15.2 Å². The second kappa shape index (κ2) is 5.35. The molecule has 0 unspecified atom stereocenters. The predicted molar refractivity (Wildman–Crippen MR) is 92.4 cm³/mol. The summed E-state index contributed by atoms with van der Waals surface area (Å²) in [5.74, 6) is -0.231.